The van der Waals surface area contributed by atoms with E-state index < -0.39 is 0 Å². The van der Waals surface area contributed by atoms with Gasteiger partial charge in [0.25, 0.3) is 0 Å². The zero-order valence-electron chi connectivity index (χ0n) is 14.9. The summed E-state index contributed by atoms with van der Waals surface area (Å²) in [6.07, 6.45) is -0.0515. The van der Waals surface area contributed by atoms with Crippen molar-refractivity contribution in [1.29, 1.82) is 0 Å². The highest BCUT2D eigenvalue weighted by atomic mass is 35.5. The summed E-state index contributed by atoms with van der Waals surface area (Å²) in [5.41, 5.74) is 6.52. The van der Waals surface area contributed by atoms with E-state index in [-0.39, 0.29) is 55.1 Å². The Labute approximate surface area is 166 Å². The molecule has 0 radical (unpaired) electrons. The van der Waals surface area contributed by atoms with Crippen LogP contribution in [0.25, 0.3) is 0 Å². The number of rotatable bonds is 8. The van der Waals surface area contributed by atoms with Crippen LogP contribution in [-0.4, -0.2) is 63.4 Å². The molecule has 0 saturated carbocycles. The number of halogens is 3. The van der Waals surface area contributed by atoms with Crippen LogP contribution >= 0.6 is 24.8 Å². The van der Waals surface area contributed by atoms with Crippen LogP contribution in [0.3, 0.4) is 0 Å². The molecule has 0 bridgehead atoms. The molecule has 6 nitrogen and oxygen atoms in total. The molecule has 0 spiro atoms. The molecule has 1 heterocycles. The van der Waals surface area contributed by atoms with Crippen LogP contribution in [0.15, 0.2) is 24.3 Å². The number of benzene rings is 1. The van der Waals surface area contributed by atoms with E-state index in [0.29, 0.717) is 26.3 Å². The highest BCUT2D eigenvalue weighted by molar-refractivity contribution is 5.85. The molecule has 0 aromatic heterocycles. The molecule has 0 aliphatic carbocycles. The maximum absolute atomic E-state index is 13.2. The molecule has 1 aromatic rings. The predicted molar refractivity (Wildman–Crippen MR) is 104 cm³/mol. The van der Waals surface area contributed by atoms with Crippen LogP contribution < -0.4 is 11.1 Å². The number of carbonyl (C=O) groups excluding carboxylic acids is 1. The second-order valence-corrected chi connectivity index (χ2v) is 5.82. The van der Waals surface area contributed by atoms with Gasteiger partial charge in [0.05, 0.1) is 31.8 Å². The fourth-order valence-electron chi connectivity index (χ4n) is 2.78. The number of hydrogen-bond donors (Lipinski definition) is 2. The minimum atomic E-state index is -0.280. The Kier molecular flexibility index (Phi) is 12.8. The molecule has 9 heteroatoms. The Hall–Kier alpha value is -0.960. The number of methoxy groups -OCH3 is 1. The number of nitrogens with two attached hydrogens (primary N) is 1. The molecule has 26 heavy (non-hydrogen) atoms. The average molecular weight is 412 g/mol. The van der Waals surface area contributed by atoms with Crippen molar-refractivity contribution in [1.82, 2.24) is 10.2 Å². The van der Waals surface area contributed by atoms with Crippen molar-refractivity contribution in [3.63, 3.8) is 0 Å². The first-order valence-electron chi connectivity index (χ1n) is 8.21. The van der Waals surface area contributed by atoms with Gasteiger partial charge in [0.1, 0.15) is 5.82 Å². The molecular formula is C17H28Cl2FN3O3. The van der Waals surface area contributed by atoms with E-state index >= 15 is 0 Å². The Balaban J connectivity index is 0.00000312. The molecule has 150 valence electrons. The fraction of sp³-hybridized carbons (Fsp3) is 0.588. The first-order valence-corrected chi connectivity index (χ1v) is 8.21. The first kappa shape index (κ1) is 25.0. The van der Waals surface area contributed by atoms with Gasteiger partial charge in [0.2, 0.25) is 5.91 Å². The van der Waals surface area contributed by atoms with Crippen LogP contribution in [0.5, 0.6) is 0 Å². The number of ether oxygens (including phenoxy) is 2. The average Bonchev–Trinajstić information content (AvgIpc) is 2.62. The van der Waals surface area contributed by atoms with Gasteiger partial charge in [0, 0.05) is 33.3 Å². The summed E-state index contributed by atoms with van der Waals surface area (Å²) in [5, 5.41) is 2.94. The molecule has 2 unspecified atom stereocenters. The van der Waals surface area contributed by atoms with Gasteiger partial charge in [-0.1, -0.05) is 12.1 Å². The molecule has 1 fully saturated rings. The summed E-state index contributed by atoms with van der Waals surface area (Å²) < 4.78 is 23.7. The van der Waals surface area contributed by atoms with Crippen LogP contribution in [-0.2, 0) is 14.3 Å². The summed E-state index contributed by atoms with van der Waals surface area (Å²) in [7, 11) is 1.54. The van der Waals surface area contributed by atoms with Crippen molar-refractivity contribution in [2.24, 2.45) is 5.73 Å². The molecule has 2 rings (SSSR count). The summed E-state index contributed by atoms with van der Waals surface area (Å²) in [6, 6.07) is 6.40. The quantitative estimate of drug-likeness (QED) is 0.677. The number of nitrogens with one attached hydrogen (secondary N) is 1. The number of carbonyl (C=O) groups is 1. The molecule has 1 aliphatic rings. The Bertz CT molecular complexity index is 512. The van der Waals surface area contributed by atoms with Gasteiger partial charge in [0.15, 0.2) is 0 Å². The van der Waals surface area contributed by atoms with Crippen molar-refractivity contribution in [2.45, 2.75) is 18.6 Å². The Morgan fingerprint density at radius 1 is 1.31 bits per heavy atom. The van der Waals surface area contributed by atoms with Crippen molar-refractivity contribution < 1.29 is 18.7 Å². The maximum atomic E-state index is 13.2. The second kappa shape index (κ2) is 13.2. The lowest BCUT2D eigenvalue weighted by atomic mass is 10.0. The van der Waals surface area contributed by atoms with Gasteiger partial charge >= 0.3 is 0 Å². The van der Waals surface area contributed by atoms with E-state index in [4.69, 9.17) is 15.2 Å². The maximum Gasteiger partial charge on any atom is 0.222 e. The standard InChI is InChI=1S/C17H26FN3O3.2ClH/c1-23-15(11-19)10-17(22)20-12-16(21-6-8-24-9-7-21)13-2-4-14(18)5-3-13;;/h2-5,15-16H,6-12,19H2,1H3,(H,20,22);2*1H. The zero-order valence-corrected chi connectivity index (χ0v) is 16.5. The minimum Gasteiger partial charge on any atom is -0.380 e. The minimum absolute atomic E-state index is 0. The normalized spacial score (nSPS) is 16.7. The van der Waals surface area contributed by atoms with E-state index in [0.717, 1.165) is 18.7 Å². The fourth-order valence-corrected chi connectivity index (χ4v) is 2.78. The first-order chi connectivity index (χ1) is 11.6. The molecule has 1 aliphatic heterocycles. The lowest BCUT2D eigenvalue weighted by molar-refractivity contribution is -0.123. The highest BCUT2D eigenvalue weighted by Crippen LogP contribution is 2.21. The summed E-state index contributed by atoms with van der Waals surface area (Å²) in [5.74, 6) is -0.373. The highest BCUT2D eigenvalue weighted by Gasteiger charge is 2.23. The molecule has 1 aromatic carbocycles. The monoisotopic (exact) mass is 411 g/mol. The van der Waals surface area contributed by atoms with E-state index in [1.807, 2.05) is 0 Å². The van der Waals surface area contributed by atoms with Gasteiger partial charge in [-0.15, -0.1) is 24.8 Å². The number of amides is 1. The number of nitrogens with zero attached hydrogens (tertiary/aromatic N) is 1. The summed E-state index contributed by atoms with van der Waals surface area (Å²) >= 11 is 0. The SMILES string of the molecule is COC(CN)CC(=O)NCC(c1ccc(F)cc1)N1CCOCC1.Cl.Cl. The van der Waals surface area contributed by atoms with Crippen LogP contribution in [0.1, 0.15) is 18.0 Å². The molecule has 3 N–H and O–H groups in total. The van der Waals surface area contributed by atoms with E-state index in [1.54, 1.807) is 19.2 Å². The topological polar surface area (TPSA) is 76.8 Å². The van der Waals surface area contributed by atoms with E-state index in [9.17, 15) is 9.18 Å². The van der Waals surface area contributed by atoms with Gasteiger partial charge < -0.3 is 20.5 Å². The smallest absolute Gasteiger partial charge is 0.222 e. The molecule has 1 amide bonds. The lowest BCUT2D eigenvalue weighted by Crippen LogP contribution is -2.44. The van der Waals surface area contributed by atoms with Gasteiger partial charge in [-0.2, -0.15) is 0 Å². The van der Waals surface area contributed by atoms with E-state index in [1.165, 1.54) is 12.1 Å². The third-order valence-corrected chi connectivity index (χ3v) is 4.24. The summed E-state index contributed by atoms with van der Waals surface area (Å²) in [6.45, 7) is 3.62. The van der Waals surface area contributed by atoms with Crippen LogP contribution in [0.2, 0.25) is 0 Å². The van der Waals surface area contributed by atoms with Crippen molar-refractivity contribution in [3.05, 3.63) is 35.6 Å². The number of morpholine rings is 1. The zero-order chi connectivity index (χ0) is 17.4. The lowest BCUT2D eigenvalue weighted by Gasteiger charge is -2.35. The molecule has 2 atom stereocenters. The largest absolute Gasteiger partial charge is 0.380 e. The van der Waals surface area contributed by atoms with E-state index in [2.05, 4.69) is 10.2 Å². The van der Waals surface area contributed by atoms with Gasteiger partial charge in [-0.05, 0) is 17.7 Å². The Morgan fingerprint density at radius 3 is 2.46 bits per heavy atom. The molecule has 1 saturated heterocycles. The third-order valence-electron chi connectivity index (χ3n) is 4.24. The Morgan fingerprint density at radius 2 is 1.92 bits per heavy atom. The van der Waals surface area contributed by atoms with Crippen LogP contribution in [0, 0.1) is 5.82 Å². The molecular weight excluding hydrogens is 384 g/mol. The van der Waals surface area contributed by atoms with Crippen molar-refractivity contribution in [2.75, 3.05) is 46.5 Å². The summed E-state index contributed by atoms with van der Waals surface area (Å²) in [4.78, 5) is 14.3. The van der Waals surface area contributed by atoms with Crippen molar-refractivity contribution in [3.8, 4) is 0 Å². The second-order valence-electron chi connectivity index (χ2n) is 5.82. The predicted octanol–water partition coefficient (Wildman–Crippen LogP) is 1.52. The van der Waals surface area contributed by atoms with Crippen molar-refractivity contribution >= 4 is 30.7 Å². The van der Waals surface area contributed by atoms with Gasteiger partial charge in [-0.3, -0.25) is 9.69 Å². The number of hydrogen-bond acceptors (Lipinski definition) is 5. The third kappa shape index (κ3) is 7.73. The van der Waals surface area contributed by atoms with Gasteiger partial charge in [-0.25, -0.2) is 4.39 Å². The van der Waals surface area contributed by atoms with Crippen LogP contribution in [0.4, 0.5) is 4.39 Å².